The number of nitrogens with zero attached hydrogens (tertiary/aromatic N) is 2. The topological polar surface area (TPSA) is 73.3 Å². The summed E-state index contributed by atoms with van der Waals surface area (Å²) in [6, 6.07) is 5.78. The predicted molar refractivity (Wildman–Crippen MR) is 104 cm³/mol. The van der Waals surface area contributed by atoms with E-state index in [0.29, 0.717) is 37.1 Å². The van der Waals surface area contributed by atoms with E-state index < -0.39 is 0 Å². The Bertz CT molecular complexity index is 758. The molecule has 0 bridgehead atoms. The van der Waals surface area contributed by atoms with E-state index in [-0.39, 0.29) is 16.6 Å². The number of carbonyl (C=O) groups excluding carboxylic acids is 1. The number of hydrogen-bond acceptors (Lipinski definition) is 6. The van der Waals surface area contributed by atoms with Gasteiger partial charge >= 0.3 is 0 Å². The molecule has 140 valence electrons. The first kappa shape index (κ1) is 20.3. The molecule has 0 spiro atoms. The zero-order chi connectivity index (χ0) is 18.9. The van der Waals surface area contributed by atoms with Crippen LogP contribution in [0.4, 0.5) is 0 Å². The molecule has 0 radical (unpaired) electrons. The van der Waals surface area contributed by atoms with Crippen LogP contribution in [0.25, 0.3) is 0 Å². The summed E-state index contributed by atoms with van der Waals surface area (Å²) in [6.45, 7) is 5.45. The highest BCUT2D eigenvalue weighted by atomic mass is 35.5. The SMILES string of the molecule is CCOc1ccc(CCNC(=O)c2nc(SC)ncc2Cl)cc1OCC. The van der Waals surface area contributed by atoms with Gasteiger partial charge in [-0.3, -0.25) is 4.79 Å². The summed E-state index contributed by atoms with van der Waals surface area (Å²) < 4.78 is 11.2. The summed E-state index contributed by atoms with van der Waals surface area (Å²) in [7, 11) is 0. The minimum atomic E-state index is -0.316. The molecule has 0 unspecified atom stereocenters. The van der Waals surface area contributed by atoms with Gasteiger partial charge < -0.3 is 14.8 Å². The summed E-state index contributed by atoms with van der Waals surface area (Å²) in [4.78, 5) is 20.5. The molecule has 0 saturated heterocycles. The second-order valence-electron chi connectivity index (χ2n) is 5.21. The molecule has 0 aliphatic rings. The first-order valence-electron chi connectivity index (χ1n) is 8.32. The highest BCUT2D eigenvalue weighted by Crippen LogP contribution is 2.28. The van der Waals surface area contributed by atoms with Crippen LogP contribution in [0.1, 0.15) is 29.9 Å². The fraction of sp³-hybridized carbons (Fsp3) is 0.389. The van der Waals surface area contributed by atoms with Gasteiger partial charge in [0.15, 0.2) is 22.3 Å². The number of nitrogens with one attached hydrogen (secondary N) is 1. The number of benzene rings is 1. The van der Waals surface area contributed by atoms with Crippen LogP contribution in [0.15, 0.2) is 29.6 Å². The number of hydrogen-bond donors (Lipinski definition) is 1. The predicted octanol–water partition coefficient (Wildman–Crippen LogP) is 3.62. The van der Waals surface area contributed by atoms with Crippen molar-refractivity contribution in [3.8, 4) is 11.5 Å². The molecule has 1 amide bonds. The number of halogens is 1. The van der Waals surface area contributed by atoms with Gasteiger partial charge in [0.2, 0.25) is 0 Å². The van der Waals surface area contributed by atoms with Gasteiger partial charge in [0.05, 0.1) is 24.4 Å². The van der Waals surface area contributed by atoms with Crippen molar-refractivity contribution in [3.63, 3.8) is 0 Å². The first-order valence-corrected chi connectivity index (χ1v) is 9.92. The fourth-order valence-corrected chi connectivity index (χ4v) is 2.78. The Morgan fingerprint density at radius 3 is 2.65 bits per heavy atom. The molecule has 0 fully saturated rings. The van der Waals surface area contributed by atoms with E-state index in [1.54, 1.807) is 0 Å². The molecule has 8 heteroatoms. The van der Waals surface area contributed by atoms with Gasteiger partial charge in [-0.1, -0.05) is 29.4 Å². The molecule has 2 aromatic rings. The Balaban J connectivity index is 1.99. The maximum Gasteiger partial charge on any atom is 0.271 e. The number of ether oxygens (including phenoxy) is 2. The van der Waals surface area contributed by atoms with Crippen molar-refractivity contribution in [1.29, 1.82) is 0 Å². The lowest BCUT2D eigenvalue weighted by Crippen LogP contribution is -2.27. The maximum absolute atomic E-state index is 12.3. The van der Waals surface area contributed by atoms with E-state index in [0.717, 1.165) is 11.3 Å². The van der Waals surface area contributed by atoms with Crippen molar-refractivity contribution in [1.82, 2.24) is 15.3 Å². The standard InChI is InChI=1S/C18H22ClN3O3S/c1-4-24-14-7-6-12(10-15(14)25-5-2)8-9-20-17(23)16-13(19)11-21-18(22-16)26-3/h6-7,10-11H,4-5,8-9H2,1-3H3,(H,20,23). The minimum absolute atomic E-state index is 0.188. The average Bonchev–Trinajstić information content (AvgIpc) is 2.64. The molecule has 0 aliphatic carbocycles. The van der Waals surface area contributed by atoms with E-state index in [9.17, 15) is 4.79 Å². The molecular formula is C18H22ClN3O3S. The number of aromatic nitrogens is 2. The zero-order valence-electron chi connectivity index (χ0n) is 15.0. The Morgan fingerprint density at radius 2 is 1.96 bits per heavy atom. The second kappa shape index (κ2) is 10.2. The summed E-state index contributed by atoms with van der Waals surface area (Å²) in [6.07, 6.45) is 3.93. The summed E-state index contributed by atoms with van der Waals surface area (Å²) in [5, 5.41) is 3.58. The monoisotopic (exact) mass is 395 g/mol. The largest absolute Gasteiger partial charge is 0.490 e. The third kappa shape index (κ3) is 5.51. The van der Waals surface area contributed by atoms with Crippen molar-refractivity contribution in [3.05, 3.63) is 40.7 Å². The molecule has 1 N–H and O–H groups in total. The van der Waals surface area contributed by atoms with Crippen LogP contribution in [0, 0.1) is 0 Å². The molecule has 26 heavy (non-hydrogen) atoms. The number of amides is 1. The van der Waals surface area contributed by atoms with E-state index in [2.05, 4.69) is 15.3 Å². The minimum Gasteiger partial charge on any atom is -0.490 e. The van der Waals surface area contributed by atoms with Crippen LogP contribution < -0.4 is 14.8 Å². The third-order valence-electron chi connectivity index (χ3n) is 3.43. The molecule has 0 saturated carbocycles. The molecule has 1 aromatic heterocycles. The Morgan fingerprint density at radius 1 is 1.23 bits per heavy atom. The molecule has 0 aliphatic heterocycles. The van der Waals surface area contributed by atoms with Gasteiger partial charge in [-0.25, -0.2) is 9.97 Å². The summed E-state index contributed by atoms with van der Waals surface area (Å²) >= 11 is 7.38. The van der Waals surface area contributed by atoms with Crippen molar-refractivity contribution in [2.75, 3.05) is 26.0 Å². The molecule has 2 rings (SSSR count). The molecule has 1 aromatic carbocycles. The third-order valence-corrected chi connectivity index (χ3v) is 4.27. The Labute approximate surface area is 162 Å². The number of rotatable bonds is 9. The lowest BCUT2D eigenvalue weighted by atomic mass is 10.1. The summed E-state index contributed by atoms with van der Waals surface area (Å²) in [5.74, 6) is 1.12. The lowest BCUT2D eigenvalue weighted by molar-refractivity contribution is 0.0948. The van der Waals surface area contributed by atoms with Gasteiger partial charge in [-0.15, -0.1) is 0 Å². The van der Waals surface area contributed by atoms with Crippen LogP contribution in [0.3, 0.4) is 0 Å². The zero-order valence-corrected chi connectivity index (χ0v) is 16.6. The van der Waals surface area contributed by atoms with Crippen LogP contribution in [0.5, 0.6) is 11.5 Å². The first-order chi connectivity index (χ1) is 12.6. The quantitative estimate of drug-likeness (QED) is 0.516. The van der Waals surface area contributed by atoms with Crippen LogP contribution in [-0.2, 0) is 6.42 Å². The van der Waals surface area contributed by atoms with Crippen molar-refractivity contribution in [2.45, 2.75) is 25.4 Å². The van der Waals surface area contributed by atoms with E-state index >= 15 is 0 Å². The van der Waals surface area contributed by atoms with E-state index in [4.69, 9.17) is 21.1 Å². The van der Waals surface area contributed by atoms with Gasteiger partial charge in [0.1, 0.15) is 0 Å². The van der Waals surface area contributed by atoms with Crippen molar-refractivity contribution < 1.29 is 14.3 Å². The average molecular weight is 396 g/mol. The van der Waals surface area contributed by atoms with Crippen LogP contribution in [0.2, 0.25) is 5.02 Å². The van der Waals surface area contributed by atoms with Crippen molar-refractivity contribution in [2.24, 2.45) is 0 Å². The number of carbonyl (C=O) groups is 1. The smallest absolute Gasteiger partial charge is 0.271 e. The maximum atomic E-state index is 12.3. The van der Waals surface area contributed by atoms with Gasteiger partial charge in [0.25, 0.3) is 5.91 Å². The van der Waals surface area contributed by atoms with Gasteiger partial charge in [-0.05, 0) is 44.2 Å². The molecular weight excluding hydrogens is 374 g/mol. The Hall–Kier alpha value is -1.99. The van der Waals surface area contributed by atoms with Crippen molar-refractivity contribution >= 4 is 29.3 Å². The second-order valence-corrected chi connectivity index (χ2v) is 6.39. The van der Waals surface area contributed by atoms with Crippen LogP contribution >= 0.6 is 23.4 Å². The lowest BCUT2D eigenvalue weighted by Gasteiger charge is -2.12. The molecule has 6 nitrogen and oxygen atoms in total. The molecule has 1 heterocycles. The summed E-state index contributed by atoms with van der Waals surface area (Å²) in [5.41, 5.74) is 1.23. The van der Waals surface area contributed by atoms with Gasteiger partial charge in [-0.2, -0.15) is 0 Å². The van der Waals surface area contributed by atoms with Gasteiger partial charge in [0, 0.05) is 6.54 Å². The normalized spacial score (nSPS) is 10.5. The molecule has 0 atom stereocenters. The number of thioether (sulfide) groups is 1. The highest BCUT2D eigenvalue weighted by Gasteiger charge is 2.14. The van der Waals surface area contributed by atoms with E-state index in [1.165, 1.54) is 18.0 Å². The van der Waals surface area contributed by atoms with Crippen LogP contribution in [-0.4, -0.2) is 41.9 Å². The Kier molecular flexibility index (Phi) is 8.00. The highest BCUT2D eigenvalue weighted by molar-refractivity contribution is 7.98. The van der Waals surface area contributed by atoms with E-state index in [1.807, 2.05) is 38.3 Å². The fourth-order valence-electron chi connectivity index (χ4n) is 2.26.